The summed E-state index contributed by atoms with van der Waals surface area (Å²) < 4.78 is 0. The van der Waals surface area contributed by atoms with Crippen LogP contribution in [0.15, 0.2) is 18.2 Å². The van der Waals surface area contributed by atoms with Crippen LogP contribution in [0.5, 0.6) is 0 Å². The van der Waals surface area contributed by atoms with Crippen molar-refractivity contribution in [1.82, 2.24) is 4.90 Å². The molecular formula is C14H21ClN2O. The highest BCUT2D eigenvalue weighted by molar-refractivity contribution is 5.95. The summed E-state index contributed by atoms with van der Waals surface area (Å²) >= 11 is 0. The number of carbonyl (C=O) groups excluding carboxylic acids is 1. The molecule has 1 heterocycles. The topological polar surface area (TPSA) is 46.3 Å². The monoisotopic (exact) mass is 268 g/mol. The molecule has 2 N–H and O–H groups in total. The van der Waals surface area contributed by atoms with Crippen molar-refractivity contribution in [3.8, 4) is 0 Å². The van der Waals surface area contributed by atoms with Gasteiger partial charge in [0.2, 0.25) is 0 Å². The average molecular weight is 269 g/mol. The van der Waals surface area contributed by atoms with Gasteiger partial charge in [-0.15, -0.1) is 12.4 Å². The molecule has 100 valence electrons. The molecule has 4 heteroatoms. The summed E-state index contributed by atoms with van der Waals surface area (Å²) in [4.78, 5) is 14.3. The highest BCUT2D eigenvalue weighted by atomic mass is 35.5. The van der Waals surface area contributed by atoms with Crippen LogP contribution in [0, 0.1) is 19.8 Å². The standard InChI is InChI=1S/C14H20N2O.ClH/c1-10-3-4-13(11(2)7-10)14(17)16-6-5-12(8-15)9-16;/h3-4,7,12H,5-6,8-9,15H2,1-2H3;1H. The molecule has 1 saturated heterocycles. The molecule has 0 aromatic heterocycles. The molecule has 0 spiro atoms. The molecule has 1 amide bonds. The normalized spacial score (nSPS) is 18.6. The van der Waals surface area contributed by atoms with Gasteiger partial charge in [-0.2, -0.15) is 0 Å². The van der Waals surface area contributed by atoms with Crippen LogP contribution in [0.4, 0.5) is 0 Å². The third-order valence-electron chi connectivity index (χ3n) is 3.52. The average Bonchev–Trinajstić information content (AvgIpc) is 2.76. The number of halogens is 1. The van der Waals surface area contributed by atoms with Crippen molar-refractivity contribution in [2.75, 3.05) is 19.6 Å². The number of nitrogens with zero attached hydrogens (tertiary/aromatic N) is 1. The van der Waals surface area contributed by atoms with Crippen molar-refractivity contribution in [2.24, 2.45) is 11.7 Å². The van der Waals surface area contributed by atoms with Crippen molar-refractivity contribution in [2.45, 2.75) is 20.3 Å². The molecule has 1 unspecified atom stereocenters. The quantitative estimate of drug-likeness (QED) is 0.893. The van der Waals surface area contributed by atoms with Gasteiger partial charge < -0.3 is 10.6 Å². The summed E-state index contributed by atoms with van der Waals surface area (Å²) in [7, 11) is 0. The molecule has 0 bridgehead atoms. The second-order valence-electron chi connectivity index (χ2n) is 4.96. The van der Waals surface area contributed by atoms with Crippen molar-refractivity contribution in [1.29, 1.82) is 0 Å². The minimum atomic E-state index is 0. The van der Waals surface area contributed by atoms with Gasteiger partial charge in [-0.05, 0) is 44.4 Å². The predicted molar refractivity (Wildman–Crippen MR) is 76.2 cm³/mol. The number of nitrogens with two attached hydrogens (primary N) is 1. The number of hydrogen-bond acceptors (Lipinski definition) is 2. The van der Waals surface area contributed by atoms with Crippen molar-refractivity contribution >= 4 is 18.3 Å². The van der Waals surface area contributed by atoms with Crippen LogP contribution in [-0.4, -0.2) is 30.4 Å². The van der Waals surface area contributed by atoms with Crippen LogP contribution in [0.2, 0.25) is 0 Å². The molecule has 1 aliphatic heterocycles. The number of aryl methyl sites for hydroxylation is 2. The maximum absolute atomic E-state index is 12.3. The van der Waals surface area contributed by atoms with Gasteiger partial charge in [-0.1, -0.05) is 17.7 Å². The summed E-state index contributed by atoms with van der Waals surface area (Å²) in [5.41, 5.74) is 8.73. The van der Waals surface area contributed by atoms with Gasteiger partial charge in [-0.3, -0.25) is 4.79 Å². The molecule has 1 atom stereocenters. The summed E-state index contributed by atoms with van der Waals surface area (Å²) in [5, 5.41) is 0. The smallest absolute Gasteiger partial charge is 0.254 e. The Labute approximate surface area is 115 Å². The Balaban J connectivity index is 0.00000162. The van der Waals surface area contributed by atoms with Gasteiger partial charge in [0.25, 0.3) is 5.91 Å². The van der Waals surface area contributed by atoms with E-state index in [1.807, 2.05) is 30.9 Å². The van der Waals surface area contributed by atoms with E-state index in [1.165, 1.54) is 5.56 Å². The summed E-state index contributed by atoms with van der Waals surface area (Å²) in [6.07, 6.45) is 1.03. The predicted octanol–water partition coefficient (Wildman–Crippen LogP) is 2.15. The Bertz CT molecular complexity index is 434. The number of rotatable bonds is 2. The number of amides is 1. The van der Waals surface area contributed by atoms with E-state index in [1.54, 1.807) is 0 Å². The Morgan fingerprint density at radius 3 is 2.72 bits per heavy atom. The van der Waals surface area contributed by atoms with E-state index in [2.05, 4.69) is 6.07 Å². The first-order chi connectivity index (χ1) is 8.11. The summed E-state index contributed by atoms with van der Waals surface area (Å²) in [6.45, 7) is 6.37. The molecule has 2 rings (SSSR count). The van der Waals surface area contributed by atoms with E-state index in [0.717, 1.165) is 30.6 Å². The van der Waals surface area contributed by atoms with Crippen LogP contribution in [0.1, 0.15) is 27.9 Å². The van der Waals surface area contributed by atoms with Gasteiger partial charge in [-0.25, -0.2) is 0 Å². The molecule has 3 nitrogen and oxygen atoms in total. The van der Waals surface area contributed by atoms with Crippen LogP contribution in [-0.2, 0) is 0 Å². The fraction of sp³-hybridized carbons (Fsp3) is 0.500. The van der Waals surface area contributed by atoms with Crippen LogP contribution in [0.25, 0.3) is 0 Å². The van der Waals surface area contributed by atoms with Gasteiger partial charge in [0.15, 0.2) is 0 Å². The zero-order valence-corrected chi connectivity index (χ0v) is 11.8. The SMILES string of the molecule is Cc1ccc(C(=O)N2CCC(CN)C2)c(C)c1.Cl. The van der Waals surface area contributed by atoms with Gasteiger partial charge in [0.1, 0.15) is 0 Å². The summed E-state index contributed by atoms with van der Waals surface area (Å²) in [6, 6.07) is 5.99. The third-order valence-corrected chi connectivity index (χ3v) is 3.52. The zero-order chi connectivity index (χ0) is 12.4. The van der Waals surface area contributed by atoms with Crippen LogP contribution in [0.3, 0.4) is 0 Å². The zero-order valence-electron chi connectivity index (χ0n) is 11.0. The molecule has 1 aromatic rings. The lowest BCUT2D eigenvalue weighted by atomic mass is 10.0. The lowest BCUT2D eigenvalue weighted by molar-refractivity contribution is 0.0787. The third kappa shape index (κ3) is 3.03. The number of carbonyl (C=O) groups is 1. The molecule has 1 aromatic carbocycles. The fourth-order valence-corrected chi connectivity index (χ4v) is 2.43. The largest absolute Gasteiger partial charge is 0.338 e. The van der Waals surface area contributed by atoms with E-state index >= 15 is 0 Å². The first-order valence-electron chi connectivity index (χ1n) is 6.18. The van der Waals surface area contributed by atoms with Crippen molar-refractivity contribution < 1.29 is 4.79 Å². The van der Waals surface area contributed by atoms with Gasteiger partial charge in [0.05, 0.1) is 0 Å². The highest BCUT2D eigenvalue weighted by Crippen LogP contribution is 2.19. The minimum absolute atomic E-state index is 0. The molecule has 0 radical (unpaired) electrons. The Hall–Kier alpha value is -1.06. The molecular weight excluding hydrogens is 248 g/mol. The lowest BCUT2D eigenvalue weighted by Gasteiger charge is -2.17. The van der Waals surface area contributed by atoms with Crippen LogP contribution < -0.4 is 5.73 Å². The summed E-state index contributed by atoms with van der Waals surface area (Å²) in [5.74, 6) is 0.628. The fourth-order valence-electron chi connectivity index (χ4n) is 2.43. The first-order valence-corrected chi connectivity index (χ1v) is 6.18. The van der Waals surface area contributed by atoms with E-state index in [0.29, 0.717) is 12.5 Å². The lowest BCUT2D eigenvalue weighted by Crippen LogP contribution is -2.30. The van der Waals surface area contributed by atoms with Crippen molar-refractivity contribution in [3.05, 3.63) is 34.9 Å². The second kappa shape index (κ2) is 6.21. The number of likely N-dealkylation sites (tertiary alicyclic amines) is 1. The minimum Gasteiger partial charge on any atom is -0.338 e. The maximum atomic E-state index is 12.3. The van der Waals surface area contributed by atoms with Gasteiger partial charge in [0, 0.05) is 18.7 Å². The van der Waals surface area contributed by atoms with Crippen molar-refractivity contribution in [3.63, 3.8) is 0 Å². The Kier molecular flexibility index (Phi) is 5.17. The molecule has 18 heavy (non-hydrogen) atoms. The molecule has 0 saturated carbocycles. The number of benzene rings is 1. The first kappa shape index (κ1) is 15.0. The van der Waals surface area contributed by atoms with E-state index in [4.69, 9.17) is 5.73 Å². The Morgan fingerprint density at radius 2 is 2.17 bits per heavy atom. The maximum Gasteiger partial charge on any atom is 0.254 e. The molecule has 1 aliphatic rings. The highest BCUT2D eigenvalue weighted by Gasteiger charge is 2.26. The number of hydrogen-bond donors (Lipinski definition) is 1. The van der Waals surface area contributed by atoms with E-state index in [9.17, 15) is 4.79 Å². The van der Waals surface area contributed by atoms with Gasteiger partial charge >= 0.3 is 0 Å². The van der Waals surface area contributed by atoms with E-state index < -0.39 is 0 Å². The van der Waals surface area contributed by atoms with Crippen LogP contribution >= 0.6 is 12.4 Å². The van der Waals surface area contributed by atoms with E-state index in [-0.39, 0.29) is 18.3 Å². The molecule has 0 aliphatic carbocycles. The second-order valence-corrected chi connectivity index (χ2v) is 4.96. The molecule has 1 fully saturated rings. The Morgan fingerprint density at radius 1 is 1.44 bits per heavy atom.